The Morgan fingerprint density at radius 3 is 2.25 bits per heavy atom. The van der Waals surface area contributed by atoms with Gasteiger partial charge in [0.25, 0.3) is 0 Å². The van der Waals surface area contributed by atoms with E-state index in [1.807, 2.05) is 0 Å². The highest BCUT2D eigenvalue weighted by atomic mass is 14.5. The van der Waals surface area contributed by atoms with Crippen molar-refractivity contribution in [1.29, 1.82) is 0 Å². The Balaban J connectivity index is 2.42. The maximum absolute atomic E-state index is 2.44. The first-order chi connectivity index (χ1) is 5.53. The normalized spacial score (nSPS) is 37.5. The monoisotopic (exact) mass is 164 g/mol. The molecule has 2 rings (SSSR count). The molecule has 12 heavy (non-hydrogen) atoms. The van der Waals surface area contributed by atoms with E-state index < -0.39 is 0 Å². The quantitative estimate of drug-likeness (QED) is 0.478. The molecule has 0 aromatic rings. The predicted molar refractivity (Wildman–Crippen MR) is 53.0 cm³/mol. The minimum atomic E-state index is 0.530. The van der Waals surface area contributed by atoms with Gasteiger partial charge in [0.2, 0.25) is 0 Å². The second-order valence-electron chi connectivity index (χ2n) is 5.34. The van der Waals surface area contributed by atoms with Crippen molar-refractivity contribution in [2.24, 2.45) is 17.3 Å². The van der Waals surface area contributed by atoms with Crippen molar-refractivity contribution < 1.29 is 0 Å². The Morgan fingerprint density at radius 1 is 1.25 bits per heavy atom. The fraction of sp³-hybridized carbons (Fsp3) is 0.833. The molecule has 0 radical (unpaired) electrons. The number of allylic oxidation sites excluding steroid dienone is 2. The predicted octanol–water partition coefficient (Wildman–Crippen LogP) is 3.78. The van der Waals surface area contributed by atoms with Crippen LogP contribution in [0.25, 0.3) is 0 Å². The number of rotatable bonds is 0. The van der Waals surface area contributed by atoms with Crippen LogP contribution in [-0.4, -0.2) is 0 Å². The first-order valence-electron chi connectivity index (χ1n) is 5.21. The van der Waals surface area contributed by atoms with E-state index in [0.717, 1.165) is 11.8 Å². The molecule has 0 heteroatoms. The fourth-order valence-electron chi connectivity index (χ4n) is 3.70. The highest BCUT2D eigenvalue weighted by molar-refractivity contribution is 5.29. The third kappa shape index (κ3) is 0.901. The summed E-state index contributed by atoms with van der Waals surface area (Å²) >= 11 is 0. The van der Waals surface area contributed by atoms with Crippen molar-refractivity contribution in [2.75, 3.05) is 0 Å². The molecule has 2 unspecified atom stereocenters. The summed E-state index contributed by atoms with van der Waals surface area (Å²) in [7, 11) is 0. The topological polar surface area (TPSA) is 0 Å². The van der Waals surface area contributed by atoms with Crippen LogP contribution in [0.2, 0.25) is 0 Å². The van der Waals surface area contributed by atoms with Gasteiger partial charge in [0.05, 0.1) is 0 Å². The minimum Gasteiger partial charge on any atom is -0.0764 e. The zero-order chi connectivity index (χ0) is 8.93. The Morgan fingerprint density at radius 2 is 1.92 bits per heavy atom. The SMILES string of the molecule is CC(C)=C1C2CCC(C2)C1(C)C. The first kappa shape index (κ1) is 8.34. The first-order valence-corrected chi connectivity index (χ1v) is 5.21. The largest absolute Gasteiger partial charge is 0.0764 e. The van der Waals surface area contributed by atoms with E-state index in [9.17, 15) is 0 Å². The van der Waals surface area contributed by atoms with Gasteiger partial charge in [-0.25, -0.2) is 0 Å². The van der Waals surface area contributed by atoms with Gasteiger partial charge in [-0.2, -0.15) is 0 Å². The van der Waals surface area contributed by atoms with E-state index in [1.165, 1.54) is 19.3 Å². The third-order valence-corrected chi connectivity index (χ3v) is 4.09. The Bertz CT molecular complexity index is 228. The molecule has 0 aromatic heterocycles. The highest BCUT2D eigenvalue weighted by Gasteiger charge is 2.48. The smallest absolute Gasteiger partial charge is 0.0111 e. The van der Waals surface area contributed by atoms with Gasteiger partial charge >= 0.3 is 0 Å². The van der Waals surface area contributed by atoms with Gasteiger partial charge in [0.1, 0.15) is 0 Å². The molecule has 2 atom stereocenters. The molecule has 2 aliphatic carbocycles. The molecule has 0 amide bonds. The molecule has 0 aliphatic heterocycles. The summed E-state index contributed by atoms with van der Waals surface area (Å²) in [4.78, 5) is 0. The molecule has 68 valence electrons. The van der Waals surface area contributed by atoms with Crippen LogP contribution in [0.3, 0.4) is 0 Å². The lowest BCUT2D eigenvalue weighted by Crippen LogP contribution is -2.23. The summed E-state index contributed by atoms with van der Waals surface area (Å²) in [5.74, 6) is 1.95. The minimum absolute atomic E-state index is 0.530. The van der Waals surface area contributed by atoms with Gasteiger partial charge in [-0.3, -0.25) is 0 Å². The van der Waals surface area contributed by atoms with Gasteiger partial charge in [-0.1, -0.05) is 25.0 Å². The third-order valence-electron chi connectivity index (χ3n) is 4.09. The van der Waals surface area contributed by atoms with Gasteiger partial charge in [0.15, 0.2) is 0 Å². The summed E-state index contributed by atoms with van der Waals surface area (Å²) in [5, 5.41) is 0. The van der Waals surface area contributed by atoms with Crippen LogP contribution < -0.4 is 0 Å². The molecule has 2 aliphatic rings. The molecule has 0 spiro atoms. The standard InChI is InChI=1S/C12H20/c1-8(2)11-9-5-6-10(7-9)12(11,3)4/h9-10H,5-7H2,1-4H3. The molecule has 2 saturated carbocycles. The van der Waals surface area contributed by atoms with Crippen LogP contribution in [0.1, 0.15) is 47.0 Å². The molecule has 2 bridgehead atoms. The van der Waals surface area contributed by atoms with Crippen LogP contribution >= 0.6 is 0 Å². The van der Waals surface area contributed by atoms with Crippen molar-refractivity contribution in [3.8, 4) is 0 Å². The van der Waals surface area contributed by atoms with Crippen LogP contribution in [0.4, 0.5) is 0 Å². The van der Waals surface area contributed by atoms with Crippen LogP contribution in [0, 0.1) is 17.3 Å². The Kier molecular flexibility index (Phi) is 1.65. The molecule has 0 saturated heterocycles. The summed E-state index contributed by atoms with van der Waals surface area (Å²) in [6, 6.07) is 0. The van der Waals surface area contributed by atoms with E-state index in [1.54, 1.807) is 11.1 Å². The Labute approximate surface area is 76.1 Å². The van der Waals surface area contributed by atoms with Crippen LogP contribution in [0.5, 0.6) is 0 Å². The van der Waals surface area contributed by atoms with Crippen molar-refractivity contribution >= 4 is 0 Å². The summed E-state index contributed by atoms with van der Waals surface area (Å²) in [6.07, 6.45) is 4.43. The fourth-order valence-corrected chi connectivity index (χ4v) is 3.70. The van der Waals surface area contributed by atoms with Gasteiger partial charge in [0, 0.05) is 0 Å². The van der Waals surface area contributed by atoms with Crippen molar-refractivity contribution in [1.82, 2.24) is 0 Å². The number of fused-ring (bicyclic) bond motifs is 2. The number of hydrogen-bond acceptors (Lipinski definition) is 0. The summed E-state index contributed by atoms with van der Waals surface area (Å²) < 4.78 is 0. The van der Waals surface area contributed by atoms with Crippen LogP contribution in [-0.2, 0) is 0 Å². The van der Waals surface area contributed by atoms with E-state index >= 15 is 0 Å². The second kappa shape index (κ2) is 2.37. The van der Waals surface area contributed by atoms with E-state index in [0.29, 0.717) is 5.41 Å². The average molecular weight is 164 g/mol. The Hall–Kier alpha value is -0.260. The molecule has 0 nitrogen and oxygen atoms in total. The van der Waals surface area contributed by atoms with Crippen molar-refractivity contribution in [2.45, 2.75) is 47.0 Å². The molecule has 0 aromatic carbocycles. The molecular weight excluding hydrogens is 144 g/mol. The van der Waals surface area contributed by atoms with Crippen molar-refractivity contribution in [3.63, 3.8) is 0 Å². The zero-order valence-corrected chi connectivity index (χ0v) is 8.78. The lowest BCUT2D eigenvalue weighted by molar-refractivity contribution is 0.285. The molecular formula is C12H20. The van der Waals surface area contributed by atoms with Gasteiger partial charge in [-0.05, 0) is 50.4 Å². The lowest BCUT2D eigenvalue weighted by atomic mass is 9.71. The van der Waals surface area contributed by atoms with E-state index in [2.05, 4.69) is 27.7 Å². The average Bonchev–Trinajstić information content (AvgIpc) is 2.41. The summed E-state index contributed by atoms with van der Waals surface area (Å²) in [6.45, 7) is 9.47. The number of hydrogen-bond donors (Lipinski definition) is 0. The zero-order valence-electron chi connectivity index (χ0n) is 8.78. The molecule has 0 heterocycles. The van der Waals surface area contributed by atoms with Gasteiger partial charge in [-0.15, -0.1) is 0 Å². The second-order valence-corrected chi connectivity index (χ2v) is 5.34. The lowest BCUT2D eigenvalue weighted by Gasteiger charge is -2.34. The molecule has 2 fully saturated rings. The summed E-state index contributed by atoms with van der Waals surface area (Å²) in [5.41, 5.74) is 3.91. The van der Waals surface area contributed by atoms with E-state index in [-0.39, 0.29) is 0 Å². The maximum Gasteiger partial charge on any atom is -0.0111 e. The maximum atomic E-state index is 2.44. The highest BCUT2D eigenvalue weighted by Crippen LogP contribution is 2.59. The van der Waals surface area contributed by atoms with Crippen molar-refractivity contribution in [3.05, 3.63) is 11.1 Å². The molecule has 0 N–H and O–H groups in total. The van der Waals surface area contributed by atoms with Crippen LogP contribution in [0.15, 0.2) is 11.1 Å². The van der Waals surface area contributed by atoms with E-state index in [4.69, 9.17) is 0 Å². The van der Waals surface area contributed by atoms with Gasteiger partial charge < -0.3 is 0 Å².